The van der Waals surface area contributed by atoms with Crippen molar-refractivity contribution in [2.75, 3.05) is 32.6 Å². The number of fused-ring (bicyclic) bond motifs is 1. The quantitative estimate of drug-likeness (QED) is 0.439. The first-order valence-electron chi connectivity index (χ1n) is 6.74. The maximum Gasteiger partial charge on any atom is 0.359 e. The maximum absolute atomic E-state index is 12.1. The predicted octanol–water partition coefficient (Wildman–Crippen LogP) is 0.917. The van der Waals surface area contributed by atoms with Crippen molar-refractivity contribution in [3.05, 3.63) is 11.8 Å². The number of quaternary nitrogens is 1. The fourth-order valence-corrected chi connectivity index (χ4v) is 3.96. The average Bonchev–Trinajstić information content (AvgIpc) is 2.81. The van der Waals surface area contributed by atoms with Gasteiger partial charge in [0.2, 0.25) is 12.6 Å². The molecule has 0 saturated carbocycles. The molecule has 3 heterocycles. The zero-order valence-corrected chi connectivity index (χ0v) is 11.9. The van der Waals surface area contributed by atoms with Gasteiger partial charge in [0.05, 0.1) is 31.9 Å². The molecule has 0 aromatic rings. The summed E-state index contributed by atoms with van der Waals surface area (Å²) in [7, 11) is 2.11. The second-order valence-corrected chi connectivity index (χ2v) is 6.89. The highest BCUT2D eigenvalue weighted by Gasteiger charge is 2.43. The molecule has 0 aromatic heterocycles. The summed E-state index contributed by atoms with van der Waals surface area (Å²) in [6, 6.07) is 0. The number of thioether (sulfide) groups is 1. The maximum atomic E-state index is 12.1. The Morgan fingerprint density at radius 1 is 1.53 bits per heavy atom. The monoisotopic (exact) mass is 283 g/mol. The molecular formula is C13H19N2O3S+. The van der Waals surface area contributed by atoms with E-state index in [0.29, 0.717) is 18.8 Å². The lowest BCUT2D eigenvalue weighted by Crippen LogP contribution is -2.53. The van der Waals surface area contributed by atoms with Crippen LogP contribution in [0.5, 0.6) is 0 Å². The average molecular weight is 283 g/mol. The number of carbonyl (C=O) groups is 2. The molecule has 0 bridgehead atoms. The number of likely N-dealkylation sites (tertiary alicyclic amines) is 1. The van der Waals surface area contributed by atoms with Crippen molar-refractivity contribution in [3.63, 3.8) is 0 Å². The van der Waals surface area contributed by atoms with Crippen molar-refractivity contribution < 1.29 is 18.8 Å². The molecule has 0 spiro atoms. The zero-order chi connectivity index (χ0) is 13.5. The molecule has 0 unspecified atom stereocenters. The Balaban J connectivity index is 1.61. The van der Waals surface area contributed by atoms with Gasteiger partial charge in [-0.15, -0.1) is 11.8 Å². The summed E-state index contributed by atoms with van der Waals surface area (Å²) in [5.41, 5.74) is 0.450. The summed E-state index contributed by atoms with van der Waals surface area (Å²) < 4.78 is 6.23. The van der Waals surface area contributed by atoms with Gasteiger partial charge in [-0.2, -0.15) is 0 Å². The van der Waals surface area contributed by atoms with Crippen LogP contribution in [0.1, 0.15) is 19.3 Å². The molecule has 3 aliphatic heterocycles. The van der Waals surface area contributed by atoms with E-state index in [9.17, 15) is 9.59 Å². The summed E-state index contributed by atoms with van der Waals surface area (Å²) in [4.78, 5) is 25.3. The highest BCUT2D eigenvalue weighted by Crippen LogP contribution is 2.37. The highest BCUT2D eigenvalue weighted by atomic mass is 32.2. The fourth-order valence-electron chi connectivity index (χ4n) is 2.84. The van der Waals surface area contributed by atoms with Gasteiger partial charge in [0.1, 0.15) is 5.70 Å². The van der Waals surface area contributed by atoms with Crippen molar-refractivity contribution in [1.82, 2.24) is 4.90 Å². The number of rotatable bonds is 3. The number of nitrogens with zero attached hydrogens (tertiary/aromatic N) is 2. The molecule has 19 heavy (non-hydrogen) atoms. The molecule has 0 N–H and O–H groups in total. The van der Waals surface area contributed by atoms with Gasteiger partial charge in [0, 0.05) is 18.6 Å². The van der Waals surface area contributed by atoms with E-state index in [-0.39, 0.29) is 17.3 Å². The van der Waals surface area contributed by atoms with E-state index in [1.165, 1.54) is 12.8 Å². The first kappa shape index (κ1) is 13.0. The number of β-lactam (4-membered cyclic amide) rings is 1. The van der Waals surface area contributed by atoms with Crippen molar-refractivity contribution in [3.8, 4) is 0 Å². The van der Waals surface area contributed by atoms with Crippen LogP contribution in [0.3, 0.4) is 0 Å². The molecule has 6 heteroatoms. The van der Waals surface area contributed by atoms with Crippen molar-refractivity contribution in [1.29, 1.82) is 0 Å². The Hall–Kier alpha value is -1.01. The standard InChI is InChI=1S/C13H19N2O3S/c1-15(5-2-3-6-15)9-18-13(17)10-4-7-19-12-8-11(16)14(10)12/h4,12H,2-3,5-9H2,1H3/q+1/t12-/m1/s1. The molecule has 104 valence electrons. The van der Waals surface area contributed by atoms with Gasteiger partial charge in [-0.3, -0.25) is 14.2 Å². The van der Waals surface area contributed by atoms with Crippen LogP contribution in [-0.2, 0) is 14.3 Å². The SMILES string of the molecule is C[N+]1(COC(=O)C2=CCS[C@@H]3CC(=O)N23)CCCC1. The second kappa shape index (κ2) is 4.83. The van der Waals surface area contributed by atoms with Crippen LogP contribution in [0.25, 0.3) is 0 Å². The number of esters is 1. The summed E-state index contributed by atoms with van der Waals surface area (Å²) in [5, 5.41) is 0.150. The molecular weight excluding hydrogens is 264 g/mol. The molecule has 1 atom stereocenters. The second-order valence-electron chi connectivity index (χ2n) is 5.68. The van der Waals surface area contributed by atoms with E-state index in [2.05, 4.69) is 7.05 Å². The van der Waals surface area contributed by atoms with Crippen LogP contribution in [0, 0.1) is 0 Å². The van der Waals surface area contributed by atoms with Crippen LogP contribution in [-0.4, -0.2) is 59.3 Å². The lowest BCUT2D eigenvalue weighted by Gasteiger charge is -2.42. The molecule has 0 radical (unpaired) electrons. The van der Waals surface area contributed by atoms with E-state index in [1.807, 2.05) is 6.08 Å². The summed E-state index contributed by atoms with van der Waals surface area (Å²) in [6.07, 6.45) is 4.74. The largest absolute Gasteiger partial charge is 0.410 e. The molecule has 1 amide bonds. The number of amides is 1. The third-order valence-electron chi connectivity index (χ3n) is 4.09. The minimum Gasteiger partial charge on any atom is -0.410 e. The Morgan fingerprint density at radius 3 is 2.95 bits per heavy atom. The van der Waals surface area contributed by atoms with Gasteiger partial charge < -0.3 is 4.74 Å². The molecule has 0 aliphatic carbocycles. The molecule has 2 saturated heterocycles. The van der Waals surface area contributed by atoms with E-state index in [0.717, 1.165) is 23.3 Å². The normalized spacial score (nSPS) is 28.5. The van der Waals surface area contributed by atoms with Gasteiger partial charge in [0.25, 0.3) is 0 Å². The van der Waals surface area contributed by atoms with Crippen molar-refractivity contribution >= 4 is 23.6 Å². The van der Waals surface area contributed by atoms with Crippen LogP contribution in [0.15, 0.2) is 11.8 Å². The molecule has 0 aromatic carbocycles. The first-order valence-corrected chi connectivity index (χ1v) is 7.78. The third kappa shape index (κ3) is 2.39. The number of ether oxygens (including phenoxy) is 1. The van der Waals surface area contributed by atoms with E-state index < -0.39 is 0 Å². The molecule has 3 aliphatic rings. The first-order chi connectivity index (χ1) is 9.09. The van der Waals surface area contributed by atoms with Gasteiger partial charge in [0.15, 0.2) is 0 Å². The van der Waals surface area contributed by atoms with Gasteiger partial charge in [-0.05, 0) is 6.08 Å². The summed E-state index contributed by atoms with van der Waals surface area (Å²) >= 11 is 1.70. The molecule has 5 nitrogen and oxygen atoms in total. The summed E-state index contributed by atoms with van der Waals surface area (Å²) in [5.74, 6) is 0.469. The van der Waals surface area contributed by atoms with Gasteiger partial charge in [-0.1, -0.05) is 0 Å². The Kier molecular flexibility index (Phi) is 3.30. The van der Waals surface area contributed by atoms with Gasteiger partial charge >= 0.3 is 5.97 Å². The smallest absolute Gasteiger partial charge is 0.359 e. The third-order valence-corrected chi connectivity index (χ3v) is 5.21. The topological polar surface area (TPSA) is 46.6 Å². The lowest BCUT2D eigenvalue weighted by molar-refractivity contribution is -0.914. The molecule has 2 fully saturated rings. The lowest BCUT2D eigenvalue weighted by atomic mass is 10.1. The predicted molar refractivity (Wildman–Crippen MR) is 71.9 cm³/mol. The van der Waals surface area contributed by atoms with Crippen LogP contribution >= 0.6 is 11.8 Å². The Labute approximate surface area is 117 Å². The Morgan fingerprint density at radius 2 is 2.26 bits per heavy atom. The number of hydrogen-bond acceptors (Lipinski definition) is 4. The van der Waals surface area contributed by atoms with Crippen LogP contribution < -0.4 is 0 Å². The van der Waals surface area contributed by atoms with E-state index in [1.54, 1.807) is 16.7 Å². The fraction of sp³-hybridized carbons (Fsp3) is 0.692. The minimum absolute atomic E-state index is 0.0296. The summed E-state index contributed by atoms with van der Waals surface area (Å²) in [6.45, 7) is 2.54. The van der Waals surface area contributed by atoms with Crippen molar-refractivity contribution in [2.24, 2.45) is 0 Å². The van der Waals surface area contributed by atoms with E-state index in [4.69, 9.17) is 4.74 Å². The molecule has 3 rings (SSSR count). The number of carbonyl (C=O) groups excluding carboxylic acids is 2. The van der Waals surface area contributed by atoms with E-state index >= 15 is 0 Å². The minimum atomic E-state index is -0.343. The number of hydrogen-bond donors (Lipinski definition) is 0. The van der Waals surface area contributed by atoms with Gasteiger partial charge in [-0.25, -0.2) is 4.79 Å². The highest BCUT2D eigenvalue weighted by molar-refractivity contribution is 8.00. The van der Waals surface area contributed by atoms with Crippen LogP contribution in [0.2, 0.25) is 0 Å². The van der Waals surface area contributed by atoms with Crippen LogP contribution in [0.4, 0.5) is 0 Å². The van der Waals surface area contributed by atoms with Crippen molar-refractivity contribution in [2.45, 2.75) is 24.6 Å². The zero-order valence-electron chi connectivity index (χ0n) is 11.1. The Bertz CT molecular complexity index is 443.